The SMILES string of the molecule is CCNC(=O)[C@@H](CC)N(Cc1ccccc1Cl)C(=O)CN(c1ccccc1C)S(C)(=O)=O. The number of hydrogen-bond donors (Lipinski definition) is 1. The number of benzene rings is 2. The van der Waals surface area contributed by atoms with Gasteiger partial charge in [-0.15, -0.1) is 0 Å². The van der Waals surface area contributed by atoms with Gasteiger partial charge in [-0.1, -0.05) is 54.9 Å². The van der Waals surface area contributed by atoms with Crippen LogP contribution in [0.25, 0.3) is 0 Å². The first kappa shape index (κ1) is 25.7. The number of carbonyl (C=O) groups is 2. The lowest BCUT2D eigenvalue weighted by Crippen LogP contribution is -2.52. The molecule has 32 heavy (non-hydrogen) atoms. The highest BCUT2D eigenvalue weighted by atomic mass is 35.5. The molecule has 0 unspecified atom stereocenters. The van der Waals surface area contributed by atoms with Crippen molar-refractivity contribution in [2.45, 2.75) is 39.8 Å². The predicted molar refractivity (Wildman–Crippen MR) is 128 cm³/mol. The van der Waals surface area contributed by atoms with Gasteiger partial charge in [-0.25, -0.2) is 8.42 Å². The number of hydrogen-bond acceptors (Lipinski definition) is 4. The predicted octanol–water partition coefficient (Wildman–Crippen LogP) is 3.36. The Labute approximate surface area is 195 Å². The first-order valence-corrected chi connectivity index (χ1v) is 12.7. The average Bonchev–Trinajstić information content (AvgIpc) is 2.73. The Hall–Kier alpha value is -2.58. The monoisotopic (exact) mass is 479 g/mol. The zero-order valence-corrected chi connectivity index (χ0v) is 20.4. The first-order chi connectivity index (χ1) is 15.1. The highest BCUT2D eigenvalue weighted by Gasteiger charge is 2.32. The molecule has 9 heteroatoms. The van der Waals surface area contributed by atoms with Crippen LogP contribution in [0.3, 0.4) is 0 Å². The zero-order chi connectivity index (χ0) is 23.9. The Morgan fingerprint density at radius 1 is 1.06 bits per heavy atom. The van der Waals surface area contributed by atoms with E-state index in [0.29, 0.717) is 29.2 Å². The van der Waals surface area contributed by atoms with Crippen molar-refractivity contribution in [3.63, 3.8) is 0 Å². The van der Waals surface area contributed by atoms with E-state index >= 15 is 0 Å². The zero-order valence-electron chi connectivity index (χ0n) is 18.8. The van der Waals surface area contributed by atoms with E-state index in [1.54, 1.807) is 62.4 Å². The molecular weight excluding hydrogens is 450 g/mol. The fraction of sp³-hybridized carbons (Fsp3) is 0.391. The molecule has 0 saturated heterocycles. The second-order valence-electron chi connectivity index (χ2n) is 7.49. The van der Waals surface area contributed by atoms with E-state index in [-0.39, 0.29) is 12.5 Å². The lowest BCUT2D eigenvalue weighted by Gasteiger charge is -2.33. The summed E-state index contributed by atoms with van der Waals surface area (Å²) >= 11 is 6.31. The normalized spacial score (nSPS) is 12.2. The third kappa shape index (κ3) is 6.46. The summed E-state index contributed by atoms with van der Waals surface area (Å²) in [6.07, 6.45) is 1.43. The van der Waals surface area contributed by atoms with Crippen molar-refractivity contribution in [2.75, 3.05) is 23.7 Å². The van der Waals surface area contributed by atoms with Crippen molar-refractivity contribution in [3.8, 4) is 0 Å². The first-order valence-electron chi connectivity index (χ1n) is 10.4. The number of nitrogens with one attached hydrogen (secondary N) is 1. The lowest BCUT2D eigenvalue weighted by atomic mass is 10.1. The number of carbonyl (C=O) groups excluding carboxylic acids is 2. The molecule has 0 fully saturated rings. The van der Waals surface area contributed by atoms with Gasteiger partial charge in [0.1, 0.15) is 12.6 Å². The molecule has 0 aliphatic carbocycles. The highest BCUT2D eigenvalue weighted by molar-refractivity contribution is 7.92. The van der Waals surface area contributed by atoms with Crippen LogP contribution in [-0.2, 0) is 26.2 Å². The molecule has 2 aromatic rings. The third-order valence-corrected chi connectivity index (χ3v) is 6.59. The molecule has 0 saturated carbocycles. The van der Waals surface area contributed by atoms with Crippen LogP contribution in [0, 0.1) is 6.92 Å². The number of para-hydroxylation sites is 1. The lowest BCUT2D eigenvalue weighted by molar-refractivity contribution is -0.140. The van der Waals surface area contributed by atoms with E-state index in [9.17, 15) is 18.0 Å². The van der Waals surface area contributed by atoms with Crippen LogP contribution in [0.5, 0.6) is 0 Å². The van der Waals surface area contributed by atoms with E-state index in [0.717, 1.165) is 16.1 Å². The van der Waals surface area contributed by atoms with E-state index in [1.807, 2.05) is 6.92 Å². The van der Waals surface area contributed by atoms with Gasteiger partial charge in [-0.2, -0.15) is 0 Å². The quantitative estimate of drug-likeness (QED) is 0.566. The molecule has 0 bridgehead atoms. The van der Waals surface area contributed by atoms with Crippen LogP contribution in [0.15, 0.2) is 48.5 Å². The molecule has 7 nitrogen and oxygen atoms in total. The number of nitrogens with zero attached hydrogens (tertiary/aromatic N) is 2. The topological polar surface area (TPSA) is 86.8 Å². The fourth-order valence-corrected chi connectivity index (χ4v) is 4.56. The molecule has 0 spiro atoms. The van der Waals surface area contributed by atoms with Crippen LogP contribution in [-0.4, -0.2) is 50.5 Å². The number of likely N-dealkylation sites (N-methyl/N-ethyl adjacent to an activating group) is 1. The summed E-state index contributed by atoms with van der Waals surface area (Å²) in [5.74, 6) is -0.783. The minimum Gasteiger partial charge on any atom is -0.355 e. The van der Waals surface area contributed by atoms with Crippen LogP contribution in [0.1, 0.15) is 31.4 Å². The van der Waals surface area contributed by atoms with Crippen molar-refractivity contribution in [3.05, 3.63) is 64.7 Å². The summed E-state index contributed by atoms with van der Waals surface area (Å²) in [4.78, 5) is 27.6. The summed E-state index contributed by atoms with van der Waals surface area (Å²) in [6.45, 7) is 5.46. The average molecular weight is 480 g/mol. The van der Waals surface area contributed by atoms with Gasteiger partial charge >= 0.3 is 0 Å². The van der Waals surface area contributed by atoms with Crippen LogP contribution in [0.2, 0.25) is 5.02 Å². The largest absolute Gasteiger partial charge is 0.355 e. The maximum absolute atomic E-state index is 13.5. The molecule has 0 aliphatic heterocycles. The second kappa shape index (κ2) is 11.3. The maximum Gasteiger partial charge on any atom is 0.244 e. The molecule has 0 aliphatic rings. The van der Waals surface area contributed by atoms with Crippen LogP contribution < -0.4 is 9.62 Å². The van der Waals surface area contributed by atoms with Gasteiger partial charge in [0.2, 0.25) is 21.8 Å². The second-order valence-corrected chi connectivity index (χ2v) is 9.80. The number of rotatable bonds is 10. The van der Waals surface area contributed by atoms with Gasteiger partial charge < -0.3 is 10.2 Å². The van der Waals surface area contributed by atoms with E-state index in [4.69, 9.17) is 11.6 Å². The van der Waals surface area contributed by atoms with Crippen LogP contribution >= 0.6 is 11.6 Å². The highest BCUT2D eigenvalue weighted by Crippen LogP contribution is 2.24. The molecule has 2 amide bonds. The van der Waals surface area contributed by atoms with Crippen molar-refractivity contribution in [1.29, 1.82) is 0 Å². The van der Waals surface area contributed by atoms with Crippen molar-refractivity contribution in [2.24, 2.45) is 0 Å². The van der Waals surface area contributed by atoms with Gasteiger partial charge in [0.25, 0.3) is 0 Å². The van der Waals surface area contributed by atoms with Gasteiger partial charge in [0.15, 0.2) is 0 Å². The fourth-order valence-electron chi connectivity index (χ4n) is 3.46. The molecule has 0 aromatic heterocycles. The Balaban J connectivity index is 2.46. The summed E-state index contributed by atoms with van der Waals surface area (Å²) in [7, 11) is -3.75. The molecule has 2 aromatic carbocycles. The Morgan fingerprint density at radius 2 is 1.69 bits per heavy atom. The van der Waals surface area contributed by atoms with Gasteiger partial charge in [-0.3, -0.25) is 13.9 Å². The number of anilines is 1. The van der Waals surface area contributed by atoms with Crippen molar-refractivity contribution in [1.82, 2.24) is 10.2 Å². The van der Waals surface area contributed by atoms with E-state index in [1.165, 1.54) is 4.90 Å². The van der Waals surface area contributed by atoms with Crippen LogP contribution in [0.4, 0.5) is 5.69 Å². The maximum atomic E-state index is 13.5. The Morgan fingerprint density at radius 3 is 2.25 bits per heavy atom. The minimum absolute atomic E-state index is 0.0829. The minimum atomic E-state index is -3.75. The summed E-state index contributed by atoms with van der Waals surface area (Å²) in [5.41, 5.74) is 1.82. The van der Waals surface area contributed by atoms with E-state index < -0.39 is 28.5 Å². The molecule has 2 rings (SSSR count). The molecule has 174 valence electrons. The number of sulfonamides is 1. The standard InChI is InChI=1S/C23H30ClN3O4S/c1-5-20(23(29)25-6-2)26(15-18-12-8-9-13-19(18)24)22(28)16-27(32(4,30)31)21-14-10-7-11-17(21)3/h7-14,20H,5-6,15-16H2,1-4H3,(H,25,29)/t20-/m1/s1. The molecule has 0 heterocycles. The van der Waals surface area contributed by atoms with Gasteiger partial charge in [0, 0.05) is 18.1 Å². The van der Waals surface area contributed by atoms with E-state index in [2.05, 4.69) is 5.32 Å². The number of aryl methyl sites for hydroxylation is 1. The third-order valence-electron chi connectivity index (χ3n) is 5.10. The smallest absolute Gasteiger partial charge is 0.244 e. The van der Waals surface area contributed by atoms with Gasteiger partial charge in [-0.05, 0) is 43.5 Å². The summed E-state index contributed by atoms with van der Waals surface area (Å²) in [5, 5.41) is 3.23. The molecule has 1 N–H and O–H groups in total. The Kier molecular flexibility index (Phi) is 9.09. The molecule has 0 radical (unpaired) electrons. The van der Waals surface area contributed by atoms with Crippen molar-refractivity contribution >= 4 is 39.1 Å². The van der Waals surface area contributed by atoms with Gasteiger partial charge in [0.05, 0.1) is 11.9 Å². The molecule has 1 atom stereocenters. The van der Waals surface area contributed by atoms with Crippen molar-refractivity contribution < 1.29 is 18.0 Å². The Bertz CT molecular complexity index is 1060. The molecular formula is C23H30ClN3O4S. The number of halogens is 1. The summed E-state index contributed by atoms with van der Waals surface area (Å²) < 4.78 is 26.2. The number of amides is 2. The summed E-state index contributed by atoms with van der Waals surface area (Å²) in [6, 6.07) is 13.3.